The van der Waals surface area contributed by atoms with Crippen LogP contribution in [0.2, 0.25) is 0 Å². The second-order valence-electron chi connectivity index (χ2n) is 14.9. The highest BCUT2D eigenvalue weighted by molar-refractivity contribution is 6.23. The minimum absolute atomic E-state index is 1.16. The number of benzene rings is 10. The average Bonchev–Trinajstić information content (AvgIpc) is 3.79. The summed E-state index contributed by atoms with van der Waals surface area (Å²) in [6, 6.07) is 75.7. The van der Waals surface area contributed by atoms with E-state index in [1.807, 2.05) is 0 Å². The van der Waals surface area contributed by atoms with Crippen molar-refractivity contribution in [3.63, 3.8) is 0 Å². The van der Waals surface area contributed by atoms with Crippen molar-refractivity contribution in [3.05, 3.63) is 206 Å². The summed E-state index contributed by atoms with van der Waals surface area (Å²) in [5.74, 6) is 0. The standard InChI is InChI=1S/C54H34N2/c1-2-11-35(12-3-1)36-21-27-42(28-22-36)55-49-18-8-6-16-46(49)53-44-29-23-38(33-40(44)25-31-51(53)55)39-24-30-45-41(34-39)26-32-52-54(45)47-17-7-9-19-50(47)56(52)48-20-10-14-37-13-4-5-15-43(37)48/h1-34H. The van der Waals surface area contributed by atoms with Crippen LogP contribution in [0.1, 0.15) is 0 Å². The monoisotopic (exact) mass is 710 g/mol. The van der Waals surface area contributed by atoms with Gasteiger partial charge in [0.05, 0.1) is 27.8 Å². The van der Waals surface area contributed by atoms with E-state index in [0.29, 0.717) is 0 Å². The van der Waals surface area contributed by atoms with Gasteiger partial charge >= 0.3 is 0 Å². The molecule has 2 aromatic heterocycles. The Morgan fingerprint density at radius 3 is 1.41 bits per heavy atom. The predicted molar refractivity (Wildman–Crippen MR) is 239 cm³/mol. The molecule has 0 spiro atoms. The van der Waals surface area contributed by atoms with Gasteiger partial charge in [-0.05, 0) is 104 Å². The van der Waals surface area contributed by atoms with Gasteiger partial charge in [-0.15, -0.1) is 0 Å². The molecule has 56 heavy (non-hydrogen) atoms. The molecule has 0 aliphatic heterocycles. The molecule has 2 nitrogen and oxygen atoms in total. The van der Waals surface area contributed by atoms with E-state index >= 15 is 0 Å². The van der Waals surface area contributed by atoms with Crippen molar-refractivity contribution >= 4 is 75.9 Å². The van der Waals surface area contributed by atoms with Gasteiger partial charge in [0.15, 0.2) is 0 Å². The molecule has 10 aromatic carbocycles. The molecule has 0 N–H and O–H groups in total. The molecule has 0 aliphatic rings. The molecule has 0 fully saturated rings. The number of hydrogen-bond donors (Lipinski definition) is 0. The fraction of sp³-hybridized carbons (Fsp3) is 0. The number of rotatable bonds is 4. The Bertz CT molecular complexity index is 3510. The van der Waals surface area contributed by atoms with Crippen LogP contribution in [0.15, 0.2) is 206 Å². The van der Waals surface area contributed by atoms with Gasteiger partial charge < -0.3 is 9.13 Å². The number of fused-ring (bicyclic) bond motifs is 11. The summed E-state index contributed by atoms with van der Waals surface area (Å²) < 4.78 is 4.86. The lowest BCUT2D eigenvalue weighted by Gasteiger charge is -2.12. The van der Waals surface area contributed by atoms with Crippen LogP contribution in [0, 0.1) is 0 Å². The van der Waals surface area contributed by atoms with Crippen molar-refractivity contribution in [2.45, 2.75) is 0 Å². The van der Waals surface area contributed by atoms with Crippen LogP contribution in [-0.2, 0) is 0 Å². The first-order chi connectivity index (χ1) is 27.8. The maximum atomic E-state index is 2.45. The third-order valence-electron chi connectivity index (χ3n) is 11.9. The Morgan fingerprint density at radius 2 is 0.750 bits per heavy atom. The molecular formula is C54H34N2. The summed E-state index contributed by atoms with van der Waals surface area (Å²) in [6.07, 6.45) is 0. The predicted octanol–water partition coefficient (Wildman–Crippen LogP) is 14.7. The van der Waals surface area contributed by atoms with Gasteiger partial charge in [0.2, 0.25) is 0 Å². The molecule has 0 bridgehead atoms. The van der Waals surface area contributed by atoms with Crippen molar-refractivity contribution in [2.24, 2.45) is 0 Å². The summed E-state index contributed by atoms with van der Waals surface area (Å²) in [6.45, 7) is 0. The molecular weight excluding hydrogens is 677 g/mol. The maximum Gasteiger partial charge on any atom is 0.0547 e. The molecule has 0 amide bonds. The summed E-state index contributed by atoms with van der Waals surface area (Å²) in [5, 5.41) is 12.7. The van der Waals surface area contributed by atoms with Crippen LogP contribution in [0.3, 0.4) is 0 Å². The third kappa shape index (κ3) is 4.57. The fourth-order valence-corrected chi connectivity index (χ4v) is 9.33. The Kier molecular flexibility index (Phi) is 6.66. The van der Waals surface area contributed by atoms with E-state index in [9.17, 15) is 0 Å². The summed E-state index contributed by atoms with van der Waals surface area (Å²) >= 11 is 0. The van der Waals surface area contributed by atoms with Gasteiger partial charge in [-0.3, -0.25) is 0 Å². The normalized spacial score (nSPS) is 11.9. The van der Waals surface area contributed by atoms with Gasteiger partial charge in [0.1, 0.15) is 0 Å². The van der Waals surface area contributed by atoms with Crippen LogP contribution in [-0.4, -0.2) is 9.13 Å². The first kappa shape index (κ1) is 31.0. The molecule has 2 heterocycles. The van der Waals surface area contributed by atoms with Crippen LogP contribution in [0.25, 0.3) is 110 Å². The van der Waals surface area contributed by atoms with E-state index in [1.165, 1.54) is 104 Å². The highest BCUT2D eigenvalue weighted by Gasteiger charge is 2.18. The van der Waals surface area contributed by atoms with E-state index in [-0.39, 0.29) is 0 Å². The van der Waals surface area contributed by atoms with Crippen molar-refractivity contribution in [1.82, 2.24) is 9.13 Å². The van der Waals surface area contributed by atoms with E-state index in [1.54, 1.807) is 0 Å². The van der Waals surface area contributed by atoms with E-state index < -0.39 is 0 Å². The van der Waals surface area contributed by atoms with Gasteiger partial charge in [0, 0.05) is 32.6 Å². The van der Waals surface area contributed by atoms with Crippen molar-refractivity contribution in [2.75, 3.05) is 0 Å². The Balaban J connectivity index is 0.987. The zero-order valence-corrected chi connectivity index (χ0v) is 30.5. The summed E-state index contributed by atoms with van der Waals surface area (Å²) in [7, 11) is 0. The second kappa shape index (κ2) is 12.0. The highest BCUT2D eigenvalue weighted by atomic mass is 15.0. The molecule has 0 unspecified atom stereocenters. The number of para-hydroxylation sites is 2. The minimum atomic E-state index is 1.16. The zero-order valence-electron chi connectivity index (χ0n) is 30.5. The smallest absolute Gasteiger partial charge is 0.0547 e. The van der Waals surface area contributed by atoms with Crippen LogP contribution < -0.4 is 0 Å². The fourth-order valence-electron chi connectivity index (χ4n) is 9.33. The van der Waals surface area contributed by atoms with Gasteiger partial charge in [0.25, 0.3) is 0 Å². The topological polar surface area (TPSA) is 9.86 Å². The van der Waals surface area contributed by atoms with E-state index in [0.717, 1.165) is 5.69 Å². The Labute approximate surface area is 323 Å². The number of aromatic nitrogens is 2. The minimum Gasteiger partial charge on any atom is -0.309 e. The molecule has 0 radical (unpaired) electrons. The highest BCUT2D eigenvalue weighted by Crippen LogP contribution is 2.41. The average molecular weight is 711 g/mol. The molecule has 12 rings (SSSR count). The second-order valence-corrected chi connectivity index (χ2v) is 14.9. The SMILES string of the molecule is c1ccc(-c2ccc(-n3c4ccccc4c4c5ccc(-c6ccc7c(ccc8c7c7ccccc7n8-c7cccc8ccccc78)c6)cc5ccc43)cc2)cc1. The third-order valence-corrected chi connectivity index (χ3v) is 11.9. The molecule has 0 saturated carbocycles. The van der Waals surface area contributed by atoms with Crippen molar-refractivity contribution in [1.29, 1.82) is 0 Å². The number of hydrogen-bond acceptors (Lipinski definition) is 0. The number of nitrogens with zero attached hydrogens (tertiary/aromatic N) is 2. The van der Waals surface area contributed by atoms with Gasteiger partial charge in [-0.1, -0.05) is 152 Å². The van der Waals surface area contributed by atoms with E-state index in [2.05, 4.69) is 215 Å². The zero-order chi connectivity index (χ0) is 36.7. The molecule has 0 saturated heterocycles. The molecule has 0 atom stereocenters. The molecule has 260 valence electrons. The molecule has 0 aliphatic carbocycles. The Morgan fingerprint density at radius 1 is 0.250 bits per heavy atom. The van der Waals surface area contributed by atoms with E-state index in [4.69, 9.17) is 0 Å². The lowest BCUT2D eigenvalue weighted by Crippen LogP contribution is -1.95. The summed E-state index contributed by atoms with van der Waals surface area (Å²) in [5.41, 5.74) is 12.1. The van der Waals surface area contributed by atoms with Crippen LogP contribution >= 0.6 is 0 Å². The lowest BCUT2D eigenvalue weighted by molar-refractivity contribution is 1.18. The largest absolute Gasteiger partial charge is 0.309 e. The first-order valence-electron chi connectivity index (χ1n) is 19.3. The van der Waals surface area contributed by atoms with Gasteiger partial charge in [-0.2, -0.15) is 0 Å². The summed E-state index contributed by atoms with van der Waals surface area (Å²) in [4.78, 5) is 0. The van der Waals surface area contributed by atoms with Crippen molar-refractivity contribution < 1.29 is 0 Å². The van der Waals surface area contributed by atoms with Crippen molar-refractivity contribution in [3.8, 4) is 33.6 Å². The molecule has 12 aromatic rings. The van der Waals surface area contributed by atoms with Gasteiger partial charge in [-0.25, -0.2) is 0 Å². The molecule has 2 heteroatoms. The maximum absolute atomic E-state index is 2.45. The Hall–Kier alpha value is -7.42. The quantitative estimate of drug-likeness (QED) is 0.172. The van der Waals surface area contributed by atoms with Crippen LogP contribution in [0.4, 0.5) is 0 Å². The van der Waals surface area contributed by atoms with Crippen LogP contribution in [0.5, 0.6) is 0 Å². The lowest BCUT2D eigenvalue weighted by atomic mass is 9.95. The first-order valence-corrected chi connectivity index (χ1v) is 19.3.